The predicted octanol–water partition coefficient (Wildman–Crippen LogP) is 9.44. The van der Waals surface area contributed by atoms with Crippen molar-refractivity contribution in [2.24, 2.45) is 4.99 Å². The summed E-state index contributed by atoms with van der Waals surface area (Å²) in [6, 6.07) is 38.9. The summed E-state index contributed by atoms with van der Waals surface area (Å²) in [5.74, 6) is 2.79. The van der Waals surface area contributed by atoms with Gasteiger partial charge in [-0.25, -0.2) is 9.97 Å². The van der Waals surface area contributed by atoms with E-state index in [0.29, 0.717) is 0 Å². The van der Waals surface area contributed by atoms with E-state index in [2.05, 4.69) is 172 Å². The highest BCUT2D eigenvalue weighted by atomic mass is 15.3. The maximum Gasteiger partial charge on any atom is 0.145 e. The van der Waals surface area contributed by atoms with Crippen molar-refractivity contribution in [3.8, 4) is 34.2 Å². The van der Waals surface area contributed by atoms with Gasteiger partial charge in [-0.05, 0) is 92.4 Å². The van der Waals surface area contributed by atoms with Crippen molar-refractivity contribution in [3.63, 3.8) is 0 Å². The molecule has 10 rings (SSSR count). The molecule has 0 amide bonds. The Balaban J connectivity index is 1.25. The lowest BCUT2D eigenvalue weighted by atomic mass is 10.0. The van der Waals surface area contributed by atoms with Crippen LogP contribution in [0.3, 0.4) is 0 Å². The van der Waals surface area contributed by atoms with Gasteiger partial charge in [-0.2, -0.15) is 0 Å². The molecule has 3 aliphatic carbocycles. The van der Waals surface area contributed by atoms with E-state index in [1.807, 2.05) is 0 Å². The summed E-state index contributed by atoms with van der Waals surface area (Å²) < 4.78 is 4.68. The molecular weight excluding hydrogens is 625 g/mol. The fourth-order valence-electron chi connectivity index (χ4n) is 7.99. The van der Waals surface area contributed by atoms with E-state index in [1.165, 1.54) is 5.69 Å². The molecule has 0 fully saturated rings. The van der Waals surface area contributed by atoms with Crippen LogP contribution >= 0.6 is 0 Å². The minimum absolute atomic E-state index is 0.0184. The van der Waals surface area contributed by atoms with E-state index in [9.17, 15) is 0 Å². The number of aliphatic imine (C=N–C) groups is 1. The normalized spacial score (nSPS) is 18.4. The zero-order chi connectivity index (χ0) is 33.7. The van der Waals surface area contributed by atoms with E-state index in [0.717, 1.165) is 94.0 Å². The highest BCUT2D eigenvalue weighted by Crippen LogP contribution is 2.38. The predicted molar refractivity (Wildman–Crippen MR) is 208 cm³/mol. The molecule has 0 radical (unpaired) electrons. The van der Waals surface area contributed by atoms with E-state index >= 15 is 0 Å². The molecule has 0 saturated carbocycles. The van der Waals surface area contributed by atoms with Crippen molar-refractivity contribution >= 4 is 23.7 Å². The second kappa shape index (κ2) is 12.3. The number of aryl methyl sites for hydroxylation is 1. The summed E-state index contributed by atoms with van der Waals surface area (Å²) in [4.78, 5) is 18.6. The monoisotopic (exact) mass is 660 g/mol. The van der Waals surface area contributed by atoms with Gasteiger partial charge < -0.3 is 4.90 Å². The van der Waals surface area contributed by atoms with Crippen LogP contribution in [0.25, 0.3) is 46.3 Å². The Morgan fingerprint density at radius 2 is 1.18 bits per heavy atom. The second-order valence-electron chi connectivity index (χ2n) is 13.5. The summed E-state index contributed by atoms with van der Waals surface area (Å²) in [5.41, 5.74) is 11.0. The van der Waals surface area contributed by atoms with E-state index < -0.39 is 0 Å². The molecule has 4 aliphatic rings. The molecular formula is C45H36N6. The molecule has 0 saturated heterocycles. The summed E-state index contributed by atoms with van der Waals surface area (Å²) in [6.07, 6.45) is 21.5. The van der Waals surface area contributed by atoms with Crippen LogP contribution in [0.15, 0.2) is 151 Å². The number of benzene rings is 4. The fourth-order valence-corrected chi connectivity index (χ4v) is 7.99. The van der Waals surface area contributed by atoms with Crippen LogP contribution in [0.1, 0.15) is 41.2 Å². The standard InChI is InChI=1S/C45H36N6/c1-4-16-34(17-5-1)49-40-25-13-10-22-37(40)46-43(49)31-28-32(44-47-38-23-11-14-26-41(38)50(44)35-18-6-2-7-19-35)30-33(29-31)45-48-39-24-12-15-27-42(39)51(45)36-20-8-3-9-21-36/h1-11,13,15-23,25,27-30,37,40H,12,14,24,26H2. The van der Waals surface area contributed by atoms with Crippen molar-refractivity contribution in [2.75, 3.05) is 4.90 Å². The molecule has 6 heteroatoms. The third kappa shape index (κ3) is 5.06. The second-order valence-corrected chi connectivity index (χ2v) is 13.5. The molecule has 1 aliphatic heterocycles. The number of imidazole rings is 2. The lowest BCUT2D eigenvalue weighted by molar-refractivity contribution is 0.739. The maximum absolute atomic E-state index is 5.43. The average Bonchev–Trinajstić information content (AvgIpc) is 3.91. The SMILES string of the molecule is C1=CC2N=C(c3cc(-c4nc5c(n4-c4ccccc4)C=CCC5)cc(-c4nc5c(n4-c4ccccc4)CCC=C5)c3)N(c3ccccc3)C2C=C1. The van der Waals surface area contributed by atoms with Crippen LogP contribution < -0.4 is 4.90 Å². The van der Waals surface area contributed by atoms with Crippen LogP contribution in [-0.4, -0.2) is 37.0 Å². The molecule has 4 aromatic carbocycles. The van der Waals surface area contributed by atoms with Gasteiger partial charge in [-0.1, -0.05) is 91.1 Å². The third-order valence-electron chi connectivity index (χ3n) is 10.3. The number of rotatable bonds is 6. The quantitative estimate of drug-likeness (QED) is 0.179. The Bertz CT molecular complexity index is 2400. The summed E-state index contributed by atoms with van der Waals surface area (Å²) in [5, 5.41) is 0. The van der Waals surface area contributed by atoms with Crippen molar-refractivity contribution in [1.29, 1.82) is 0 Å². The van der Waals surface area contributed by atoms with Gasteiger partial charge in [0.25, 0.3) is 0 Å². The molecule has 3 heterocycles. The first kappa shape index (κ1) is 29.6. The van der Waals surface area contributed by atoms with Crippen molar-refractivity contribution < 1.29 is 0 Å². The van der Waals surface area contributed by atoms with Gasteiger partial charge >= 0.3 is 0 Å². The third-order valence-corrected chi connectivity index (χ3v) is 10.3. The molecule has 0 spiro atoms. The van der Waals surface area contributed by atoms with Crippen LogP contribution in [0.5, 0.6) is 0 Å². The van der Waals surface area contributed by atoms with Crippen LogP contribution in [0.2, 0.25) is 0 Å². The van der Waals surface area contributed by atoms with Gasteiger partial charge in [0.2, 0.25) is 0 Å². The largest absolute Gasteiger partial charge is 0.317 e. The summed E-state index contributed by atoms with van der Waals surface area (Å²) in [6.45, 7) is 0. The molecule has 2 aromatic heterocycles. The van der Waals surface area contributed by atoms with Gasteiger partial charge in [-0.3, -0.25) is 14.1 Å². The number of nitrogens with zero attached hydrogens (tertiary/aromatic N) is 6. The number of anilines is 1. The van der Waals surface area contributed by atoms with Gasteiger partial charge in [0.1, 0.15) is 17.5 Å². The highest BCUT2D eigenvalue weighted by Gasteiger charge is 2.36. The van der Waals surface area contributed by atoms with Gasteiger partial charge in [0.05, 0.1) is 34.9 Å². The Morgan fingerprint density at radius 1 is 0.569 bits per heavy atom. The molecule has 6 nitrogen and oxygen atoms in total. The van der Waals surface area contributed by atoms with Gasteiger partial charge in [0, 0.05) is 33.8 Å². The van der Waals surface area contributed by atoms with Crippen molar-refractivity contribution in [1.82, 2.24) is 19.1 Å². The fraction of sp³-hybridized carbons (Fsp3) is 0.133. The maximum atomic E-state index is 5.43. The van der Waals surface area contributed by atoms with Crippen molar-refractivity contribution in [3.05, 3.63) is 174 Å². The van der Waals surface area contributed by atoms with E-state index in [1.54, 1.807) is 0 Å². The Morgan fingerprint density at radius 3 is 1.92 bits per heavy atom. The van der Waals surface area contributed by atoms with Crippen LogP contribution in [-0.2, 0) is 12.8 Å². The number of para-hydroxylation sites is 3. The molecule has 0 N–H and O–H groups in total. The smallest absolute Gasteiger partial charge is 0.145 e. The topological polar surface area (TPSA) is 51.2 Å². The molecule has 246 valence electrons. The summed E-state index contributed by atoms with van der Waals surface area (Å²) in [7, 11) is 0. The number of amidine groups is 1. The number of fused-ring (bicyclic) bond motifs is 3. The van der Waals surface area contributed by atoms with Gasteiger partial charge in [0.15, 0.2) is 0 Å². The minimum Gasteiger partial charge on any atom is -0.317 e. The first-order chi connectivity index (χ1) is 25.3. The van der Waals surface area contributed by atoms with Crippen LogP contribution in [0.4, 0.5) is 5.69 Å². The van der Waals surface area contributed by atoms with Crippen molar-refractivity contribution in [2.45, 2.75) is 37.8 Å². The zero-order valence-corrected chi connectivity index (χ0v) is 28.2. The molecule has 2 atom stereocenters. The Kier molecular flexibility index (Phi) is 7.12. The number of hydrogen-bond donors (Lipinski definition) is 0. The molecule has 0 bridgehead atoms. The minimum atomic E-state index is 0.0184. The molecule has 2 unspecified atom stereocenters. The van der Waals surface area contributed by atoms with Gasteiger partial charge in [-0.15, -0.1) is 0 Å². The van der Waals surface area contributed by atoms with E-state index in [4.69, 9.17) is 15.0 Å². The lowest BCUT2D eigenvalue weighted by Crippen LogP contribution is -2.39. The first-order valence-electron chi connectivity index (χ1n) is 17.9. The molecule has 6 aromatic rings. The van der Waals surface area contributed by atoms with Crippen LogP contribution in [0, 0.1) is 0 Å². The average molecular weight is 661 g/mol. The summed E-state index contributed by atoms with van der Waals surface area (Å²) >= 11 is 0. The number of allylic oxidation sites excluding steroid dienone is 4. The highest BCUT2D eigenvalue weighted by molar-refractivity contribution is 6.13. The lowest BCUT2D eigenvalue weighted by Gasteiger charge is -2.29. The number of aromatic nitrogens is 4. The van der Waals surface area contributed by atoms with E-state index in [-0.39, 0.29) is 12.1 Å². The molecule has 51 heavy (non-hydrogen) atoms. The number of hydrogen-bond acceptors (Lipinski definition) is 4. The Hall–Kier alpha value is -6.27. The first-order valence-corrected chi connectivity index (χ1v) is 17.9. The zero-order valence-electron chi connectivity index (χ0n) is 28.2. The Labute approximate surface area is 297 Å².